The molecule has 464 valence electrons. The van der Waals surface area contributed by atoms with Gasteiger partial charge < -0.3 is 40.9 Å². The third-order valence-electron chi connectivity index (χ3n) is 16.1. The highest BCUT2D eigenvalue weighted by Crippen LogP contribution is 2.61. The molecule has 0 saturated heterocycles. The molecule has 0 heterocycles. The molecule has 0 radical (unpaired) electrons. The Labute approximate surface area is 507 Å². The average Bonchev–Trinajstić information content (AvgIpc) is 1.64. The number of benzene rings is 4. The second-order valence-corrected chi connectivity index (χ2v) is 32.2. The van der Waals surface area contributed by atoms with E-state index in [9.17, 15) is 45.6 Å². The van der Waals surface area contributed by atoms with Crippen molar-refractivity contribution >= 4 is 48.2 Å². The molecule has 85 heavy (non-hydrogen) atoms. The van der Waals surface area contributed by atoms with E-state index in [0.717, 1.165) is 0 Å². The van der Waals surface area contributed by atoms with Crippen molar-refractivity contribution < 1.29 is 60.0 Å². The third-order valence-corrected chi connectivity index (χ3v) is 16.1. The fourth-order valence-electron chi connectivity index (χ4n) is 11.6. The van der Waals surface area contributed by atoms with E-state index < -0.39 is 101 Å². The summed E-state index contributed by atoms with van der Waals surface area (Å²) in [5, 5.41) is 96.4. The Balaban J connectivity index is 2.68. The molecule has 12 nitrogen and oxygen atoms in total. The monoisotopic (exact) mass is 1170 g/mol. The summed E-state index contributed by atoms with van der Waals surface area (Å²) in [5.74, 6) is -6.79. The topological polar surface area (TPSA) is 230 Å². The summed E-state index contributed by atoms with van der Waals surface area (Å²) in [6, 6.07) is 13.0. The van der Waals surface area contributed by atoms with Crippen molar-refractivity contribution in [2.45, 2.75) is 230 Å². The zero-order valence-corrected chi connectivity index (χ0v) is 55.8. The van der Waals surface area contributed by atoms with Gasteiger partial charge in [-0.2, -0.15) is 0 Å². The van der Waals surface area contributed by atoms with E-state index in [1.165, 1.54) is 38.2 Å². The predicted molar refractivity (Wildman–Crippen MR) is 345 cm³/mol. The minimum absolute atomic E-state index is 0.0347. The second-order valence-electron chi connectivity index (χ2n) is 32.2. The lowest BCUT2D eigenvalue weighted by Crippen LogP contribution is -2.49. The number of rotatable bonds is 14. The van der Waals surface area contributed by atoms with Gasteiger partial charge in [0.2, 0.25) is 0 Å². The van der Waals surface area contributed by atoms with E-state index in [1.54, 1.807) is 48.5 Å². The van der Waals surface area contributed by atoms with Crippen LogP contribution in [0.25, 0.3) is 24.3 Å². The van der Waals surface area contributed by atoms with Crippen LogP contribution in [-0.2, 0) is 62.5 Å². The average molecular weight is 1170 g/mol. The van der Waals surface area contributed by atoms with E-state index in [-0.39, 0.29) is 45.3 Å². The summed E-state index contributed by atoms with van der Waals surface area (Å²) >= 11 is 0. The number of hydrogen-bond donors (Lipinski definition) is 8. The molecular formula is C73H100O12. The van der Waals surface area contributed by atoms with Gasteiger partial charge in [0.25, 0.3) is 0 Å². The van der Waals surface area contributed by atoms with E-state index in [2.05, 4.69) is 0 Å². The number of phenolic OH excluding ortho intramolecular Hbond substituents is 4. The molecule has 4 rings (SSSR count). The largest absolute Gasteiger partial charge is 0.507 e. The Bertz CT molecular complexity index is 3020. The smallest absolute Gasteiger partial charge is 0.332 e. The molecule has 4 aromatic carbocycles. The molecule has 0 aromatic heterocycles. The van der Waals surface area contributed by atoms with Gasteiger partial charge in [-0.25, -0.2) is 19.2 Å². The Morgan fingerprint density at radius 2 is 0.459 bits per heavy atom. The highest BCUT2D eigenvalue weighted by molar-refractivity contribution is 6.10. The first-order valence-corrected chi connectivity index (χ1v) is 29.2. The van der Waals surface area contributed by atoms with Crippen molar-refractivity contribution in [3.05, 3.63) is 138 Å². The Morgan fingerprint density at radius 1 is 0.294 bits per heavy atom. The number of carboxylic acid groups (broad SMARTS) is 4. The molecule has 4 aromatic rings. The SMILES string of the molecule is CC(C)(C)c1cc(C=C(CC(C)(C)C(C(=Cc2cc(C(C)(C)C)c(O)c(C(C)(C)C)c2)C(=O)O)(C(=Cc2cc(C(C)(C)C)c(O)c(C(C)(C)C)c2)C(=O)O)C(=Cc2cc(C(C)(C)C)c(O)c(C(C)(C)C)c2)C(=O)O)C(=O)O)cc(C(C)(C)C)c1O. The number of hydrogen-bond acceptors (Lipinski definition) is 8. The standard InChI is InChI=1S/C73H100O12/c1-64(2,3)45-28-40(29-46(56(45)74)65(4,5)6)27-44(60(78)79)39-72(25,26)73(53(61(80)81)36-41-30-47(66(7,8)9)57(75)48(31-41)67(10,11)12,54(62(82)83)37-42-32-49(68(13,14)15)58(76)50(33-42)69(16,17)18)55(63(84)85)38-43-34-51(70(19,20)21)59(77)52(35-43)71(22,23)24/h27-38,74-77H,39H2,1-26H3,(H,78,79)(H,80,81)(H,82,83)(H,84,85). The van der Waals surface area contributed by atoms with Crippen LogP contribution in [-0.4, -0.2) is 64.7 Å². The van der Waals surface area contributed by atoms with Crippen LogP contribution in [0.4, 0.5) is 0 Å². The van der Waals surface area contributed by atoms with E-state index in [0.29, 0.717) is 50.1 Å². The first kappa shape index (κ1) is 70.4. The van der Waals surface area contributed by atoms with Crippen molar-refractivity contribution in [3.8, 4) is 23.0 Å². The first-order chi connectivity index (χ1) is 37.9. The maximum Gasteiger partial charge on any atom is 0.332 e. The van der Waals surface area contributed by atoms with Gasteiger partial charge in [0.1, 0.15) is 23.0 Å². The Kier molecular flexibility index (Phi) is 19.3. The van der Waals surface area contributed by atoms with E-state index in [4.69, 9.17) is 0 Å². The van der Waals surface area contributed by atoms with Gasteiger partial charge in [-0.15, -0.1) is 0 Å². The molecular weight excluding hydrogens is 1070 g/mol. The summed E-state index contributed by atoms with van der Waals surface area (Å²) in [6.07, 6.45) is 4.45. The lowest BCUT2D eigenvalue weighted by molar-refractivity contribution is -0.137. The van der Waals surface area contributed by atoms with E-state index in [1.807, 2.05) is 166 Å². The molecule has 0 unspecified atom stereocenters. The zero-order chi connectivity index (χ0) is 66.0. The fraction of sp³-hybridized carbons (Fsp3) is 0.507. The number of carbonyl (C=O) groups is 4. The number of aromatic hydroxyl groups is 4. The highest BCUT2D eigenvalue weighted by atomic mass is 16.4. The van der Waals surface area contributed by atoms with Gasteiger partial charge in [0.15, 0.2) is 0 Å². The molecule has 8 N–H and O–H groups in total. The lowest BCUT2D eigenvalue weighted by Gasteiger charge is -2.48. The predicted octanol–water partition coefficient (Wildman–Crippen LogP) is 17.3. The van der Waals surface area contributed by atoms with Crippen molar-refractivity contribution in [1.29, 1.82) is 0 Å². The van der Waals surface area contributed by atoms with Crippen LogP contribution in [0.1, 0.15) is 253 Å². The maximum absolute atomic E-state index is 15.2. The van der Waals surface area contributed by atoms with Gasteiger partial charge in [-0.3, -0.25) is 0 Å². The van der Waals surface area contributed by atoms with Gasteiger partial charge >= 0.3 is 23.9 Å². The van der Waals surface area contributed by atoms with Crippen LogP contribution in [0.2, 0.25) is 0 Å². The normalized spacial score (nSPS) is 15.0. The molecule has 0 spiro atoms. The van der Waals surface area contributed by atoms with Crippen LogP contribution in [0.3, 0.4) is 0 Å². The van der Waals surface area contributed by atoms with Crippen LogP contribution in [0, 0.1) is 10.8 Å². The quantitative estimate of drug-likeness (QED) is 0.0552. The summed E-state index contributed by atoms with van der Waals surface area (Å²) in [6.45, 7) is 48.1. The zero-order valence-electron chi connectivity index (χ0n) is 55.8. The van der Waals surface area contributed by atoms with Crippen LogP contribution < -0.4 is 0 Å². The van der Waals surface area contributed by atoms with Gasteiger partial charge in [0, 0.05) is 50.1 Å². The molecule has 0 fully saturated rings. The minimum Gasteiger partial charge on any atom is -0.507 e. The molecule has 12 heteroatoms. The van der Waals surface area contributed by atoms with Crippen molar-refractivity contribution in [1.82, 2.24) is 0 Å². The lowest BCUT2D eigenvalue weighted by atomic mass is 9.51. The summed E-state index contributed by atoms with van der Waals surface area (Å²) in [5.41, 5.74) is -9.13. The molecule has 0 aliphatic heterocycles. The molecule has 0 saturated carbocycles. The summed E-state index contributed by atoms with van der Waals surface area (Å²) in [7, 11) is 0. The third kappa shape index (κ3) is 15.1. The second kappa shape index (κ2) is 23.3. The summed E-state index contributed by atoms with van der Waals surface area (Å²) in [4.78, 5) is 60.0. The molecule has 0 atom stereocenters. The fourth-order valence-corrected chi connectivity index (χ4v) is 11.6. The Hall–Kier alpha value is -7.08. The highest BCUT2D eigenvalue weighted by Gasteiger charge is 2.60. The number of phenols is 4. The van der Waals surface area contributed by atoms with Gasteiger partial charge in [-0.05, 0) is 150 Å². The molecule has 0 amide bonds. The van der Waals surface area contributed by atoms with Crippen LogP contribution in [0.5, 0.6) is 23.0 Å². The molecule has 0 bridgehead atoms. The van der Waals surface area contributed by atoms with Crippen LogP contribution >= 0.6 is 0 Å². The molecule has 0 aliphatic rings. The van der Waals surface area contributed by atoms with Crippen LogP contribution in [0.15, 0.2) is 70.8 Å². The first-order valence-electron chi connectivity index (χ1n) is 29.2. The summed E-state index contributed by atoms with van der Waals surface area (Å²) < 4.78 is 0. The Morgan fingerprint density at radius 3 is 0.600 bits per heavy atom. The maximum atomic E-state index is 15.2. The van der Waals surface area contributed by atoms with Gasteiger partial charge in [-0.1, -0.05) is 180 Å². The number of aliphatic carboxylic acids is 4. The van der Waals surface area contributed by atoms with E-state index >= 15 is 14.4 Å². The van der Waals surface area contributed by atoms with Gasteiger partial charge in [0.05, 0.1) is 22.1 Å². The van der Waals surface area contributed by atoms with Crippen molar-refractivity contribution in [3.63, 3.8) is 0 Å². The minimum atomic E-state index is -2.92. The van der Waals surface area contributed by atoms with Crippen molar-refractivity contribution in [2.24, 2.45) is 10.8 Å². The molecule has 0 aliphatic carbocycles. The van der Waals surface area contributed by atoms with Crippen molar-refractivity contribution in [2.75, 3.05) is 0 Å². The number of carboxylic acids is 4.